The molecule has 8 heteroatoms. The van der Waals surface area contributed by atoms with Crippen LogP contribution in [-0.4, -0.2) is 72.2 Å². The van der Waals surface area contributed by atoms with Gasteiger partial charge in [-0.1, -0.05) is 84.9 Å². The molecule has 4 aliphatic rings. The quantitative estimate of drug-likeness (QED) is 0.0703. The molecule has 276 valence electrons. The van der Waals surface area contributed by atoms with E-state index in [4.69, 9.17) is 9.47 Å². The van der Waals surface area contributed by atoms with Crippen molar-refractivity contribution < 1.29 is 19.1 Å². The summed E-state index contributed by atoms with van der Waals surface area (Å²) in [5.41, 5.74) is 5.75. The van der Waals surface area contributed by atoms with Crippen LogP contribution in [0, 0.1) is 0 Å². The summed E-state index contributed by atoms with van der Waals surface area (Å²) in [4.78, 5) is 32.3. The van der Waals surface area contributed by atoms with Gasteiger partial charge >= 0.3 is 11.9 Å². The van der Waals surface area contributed by atoms with Crippen LogP contribution in [0.15, 0.2) is 119 Å². The number of fused-ring (bicyclic) bond motifs is 4. The number of piperidine rings is 2. The van der Waals surface area contributed by atoms with Gasteiger partial charge in [-0.3, -0.25) is 0 Å². The van der Waals surface area contributed by atoms with Crippen molar-refractivity contribution in [2.45, 2.75) is 87.7 Å². The van der Waals surface area contributed by atoms with E-state index in [1.54, 1.807) is 0 Å². The molecule has 0 amide bonds. The molecule has 4 atom stereocenters. The van der Waals surface area contributed by atoms with Crippen LogP contribution in [0.5, 0.6) is 0 Å². The maximum absolute atomic E-state index is 13.7. The SMILES string of the molecule is CN1C2CCC1CC(OC(=O)/C(=C\c1ccccc1)c1ccc(N=Nc3ccc(/C(=C/c4ccccc4)C(=O)OC4CC5CCC(C4)N5C)cc3)cc1)C2. The van der Waals surface area contributed by atoms with E-state index in [2.05, 4.69) is 34.1 Å². The van der Waals surface area contributed by atoms with Crippen LogP contribution in [0.3, 0.4) is 0 Å². The molecule has 0 aliphatic carbocycles. The fourth-order valence-electron chi connectivity index (χ4n) is 8.83. The van der Waals surface area contributed by atoms with Gasteiger partial charge in [-0.25, -0.2) is 9.59 Å². The van der Waals surface area contributed by atoms with Gasteiger partial charge in [0.25, 0.3) is 0 Å². The molecule has 0 saturated carbocycles. The van der Waals surface area contributed by atoms with Gasteiger partial charge < -0.3 is 19.3 Å². The maximum Gasteiger partial charge on any atom is 0.339 e. The first-order chi connectivity index (χ1) is 26.4. The molecule has 0 spiro atoms. The highest BCUT2D eigenvalue weighted by Gasteiger charge is 2.41. The zero-order chi connectivity index (χ0) is 37.0. The van der Waals surface area contributed by atoms with E-state index >= 15 is 0 Å². The molecule has 4 heterocycles. The summed E-state index contributed by atoms with van der Waals surface area (Å²) in [5.74, 6) is -0.601. The molecule has 4 fully saturated rings. The number of rotatable bonds is 10. The van der Waals surface area contributed by atoms with Crippen molar-refractivity contribution in [3.05, 3.63) is 131 Å². The van der Waals surface area contributed by atoms with Crippen LogP contribution in [0.4, 0.5) is 11.4 Å². The first kappa shape index (κ1) is 35.8. The molecular weight excluding hydrogens is 673 g/mol. The standard InChI is InChI=1S/C46H48N4O4/c1-49-37-21-22-38(49)28-41(27-37)53-45(51)43(25-31-9-5-3-6-10-31)33-13-17-35(18-14-33)47-48-36-19-15-34(16-20-36)44(26-32-11-7-4-8-12-32)46(52)54-42-29-39-23-24-40(30-42)50(39)2/h3-20,25-26,37-42H,21-24,27-30H2,1-2H3/b43-25-,44-26-,48-47?. The molecule has 54 heavy (non-hydrogen) atoms. The zero-order valence-electron chi connectivity index (χ0n) is 31.1. The molecule has 4 saturated heterocycles. The molecule has 8 nitrogen and oxygen atoms in total. The lowest BCUT2D eigenvalue weighted by Crippen LogP contribution is -2.43. The Morgan fingerprint density at radius 2 is 0.852 bits per heavy atom. The van der Waals surface area contributed by atoms with Crippen LogP contribution in [-0.2, 0) is 19.1 Å². The highest BCUT2D eigenvalue weighted by atomic mass is 16.5. The van der Waals surface area contributed by atoms with Crippen molar-refractivity contribution >= 4 is 46.6 Å². The second kappa shape index (κ2) is 16.0. The van der Waals surface area contributed by atoms with Crippen molar-refractivity contribution in [3.63, 3.8) is 0 Å². The summed E-state index contributed by atoms with van der Waals surface area (Å²) >= 11 is 0. The van der Waals surface area contributed by atoms with E-state index in [9.17, 15) is 9.59 Å². The normalized spacial score (nSPS) is 25.9. The maximum atomic E-state index is 13.7. The third-order valence-corrected chi connectivity index (χ3v) is 12.0. The van der Waals surface area contributed by atoms with Crippen molar-refractivity contribution in [1.82, 2.24) is 9.80 Å². The van der Waals surface area contributed by atoms with Gasteiger partial charge in [0.2, 0.25) is 0 Å². The number of benzene rings is 4. The second-order valence-electron chi connectivity index (χ2n) is 15.3. The highest BCUT2D eigenvalue weighted by Crippen LogP contribution is 2.38. The van der Waals surface area contributed by atoms with Crippen molar-refractivity contribution in [3.8, 4) is 0 Å². The molecule has 0 radical (unpaired) electrons. The predicted molar refractivity (Wildman–Crippen MR) is 213 cm³/mol. The minimum Gasteiger partial charge on any atom is -0.459 e. The number of azo groups is 1. The van der Waals surface area contributed by atoms with E-state index in [0.29, 0.717) is 46.7 Å². The Labute approximate surface area is 318 Å². The van der Waals surface area contributed by atoms with E-state index in [1.165, 1.54) is 25.7 Å². The number of esters is 2. The smallest absolute Gasteiger partial charge is 0.339 e. The Bertz CT molecular complexity index is 1850. The third kappa shape index (κ3) is 8.15. The summed E-state index contributed by atoms with van der Waals surface area (Å²) in [6, 6.07) is 36.7. The van der Waals surface area contributed by atoms with E-state index in [1.807, 2.05) is 121 Å². The van der Waals surface area contributed by atoms with Crippen LogP contribution in [0.1, 0.15) is 73.6 Å². The summed E-state index contributed by atoms with van der Waals surface area (Å²) in [6.45, 7) is 0. The molecule has 4 aliphatic heterocycles. The molecule has 4 bridgehead atoms. The van der Waals surface area contributed by atoms with Gasteiger partial charge in [0.15, 0.2) is 0 Å². The average Bonchev–Trinajstić information content (AvgIpc) is 3.50. The Morgan fingerprint density at radius 1 is 0.519 bits per heavy atom. The number of carbonyl (C=O) groups is 2. The van der Waals surface area contributed by atoms with Crippen LogP contribution < -0.4 is 0 Å². The minimum atomic E-state index is -0.301. The monoisotopic (exact) mass is 720 g/mol. The van der Waals surface area contributed by atoms with Gasteiger partial charge in [0.05, 0.1) is 22.5 Å². The Morgan fingerprint density at radius 3 is 1.19 bits per heavy atom. The van der Waals surface area contributed by atoms with Gasteiger partial charge in [-0.15, -0.1) is 0 Å². The Balaban J connectivity index is 0.964. The van der Waals surface area contributed by atoms with Crippen LogP contribution >= 0.6 is 0 Å². The summed E-state index contributed by atoms with van der Waals surface area (Å²) in [6.07, 6.45) is 11.9. The van der Waals surface area contributed by atoms with Gasteiger partial charge in [0, 0.05) is 49.9 Å². The average molecular weight is 721 g/mol. The van der Waals surface area contributed by atoms with Crippen molar-refractivity contribution in [1.29, 1.82) is 0 Å². The number of nitrogens with zero attached hydrogens (tertiary/aromatic N) is 4. The first-order valence-corrected chi connectivity index (χ1v) is 19.4. The molecule has 0 N–H and O–H groups in total. The van der Waals surface area contributed by atoms with E-state index in [-0.39, 0.29) is 24.1 Å². The lowest BCUT2D eigenvalue weighted by Gasteiger charge is -2.35. The molecule has 0 aromatic heterocycles. The zero-order valence-corrected chi connectivity index (χ0v) is 31.1. The molecule has 4 aromatic rings. The lowest BCUT2D eigenvalue weighted by atomic mass is 9.99. The number of ether oxygens (including phenoxy) is 2. The van der Waals surface area contributed by atoms with E-state index < -0.39 is 0 Å². The van der Waals surface area contributed by atoms with E-state index in [0.717, 1.165) is 47.9 Å². The number of hydrogen-bond acceptors (Lipinski definition) is 8. The first-order valence-electron chi connectivity index (χ1n) is 19.4. The Hall–Kier alpha value is -5.18. The molecule has 4 aromatic carbocycles. The molecule has 8 rings (SSSR count). The summed E-state index contributed by atoms with van der Waals surface area (Å²) in [7, 11) is 4.38. The van der Waals surface area contributed by atoms with Gasteiger partial charge in [0.1, 0.15) is 12.2 Å². The molecule has 4 unspecified atom stereocenters. The third-order valence-electron chi connectivity index (χ3n) is 12.0. The number of hydrogen-bond donors (Lipinski definition) is 0. The van der Waals surface area contributed by atoms with Crippen molar-refractivity contribution in [2.75, 3.05) is 14.1 Å². The number of carbonyl (C=O) groups excluding carboxylic acids is 2. The summed E-state index contributed by atoms with van der Waals surface area (Å²) < 4.78 is 12.3. The summed E-state index contributed by atoms with van der Waals surface area (Å²) in [5, 5.41) is 8.97. The van der Waals surface area contributed by atoms with Crippen LogP contribution in [0.2, 0.25) is 0 Å². The minimum absolute atomic E-state index is 0.0744. The van der Waals surface area contributed by atoms with Crippen molar-refractivity contribution in [2.24, 2.45) is 10.2 Å². The lowest BCUT2D eigenvalue weighted by molar-refractivity contribution is -0.145. The molecular formula is C46H48N4O4. The highest BCUT2D eigenvalue weighted by molar-refractivity contribution is 6.22. The predicted octanol–water partition coefficient (Wildman–Crippen LogP) is 9.52. The Kier molecular flexibility index (Phi) is 10.6. The van der Waals surface area contributed by atoms with Gasteiger partial charge in [-0.05, 0) is 98.4 Å². The topological polar surface area (TPSA) is 83.8 Å². The second-order valence-corrected chi connectivity index (χ2v) is 15.3. The largest absolute Gasteiger partial charge is 0.459 e. The fraction of sp³-hybridized carbons (Fsp3) is 0.348. The van der Waals surface area contributed by atoms with Gasteiger partial charge in [-0.2, -0.15) is 10.2 Å². The van der Waals surface area contributed by atoms with Crippen LogP contribution in [0.25, 0.3) is 23.3 Å². The fourth-order valence-corrected chi connectivity index (χ4v) is 8.83.